The smallest absolute Gasteiger partial charge is 0.408 e. The first kappa shape index (κ1) is 15.5. The molecule has 0 heterocycles. The average Bonchev–Trinajstić information content (AvgIpc) is 2.11. The van der Waals surface area contributed by atoms with Crippen LogP contribution in [0.4, 0.5) is 4.79 Å². The van der Waals surface area contributed by atoms with Gasteiger partial charge in [0.25, 0.3) is 0 Å². The monoisotopic (exact) mass is 251 g/mol. The average molecular weight is 251 g/mol. The van der Waals surface area contributed by atoms with Gasteiger partial charge in [0.2, 0.25) is 0 Å². The Hall–Kier alpha value is -0.460. The number of aliphatic hydroxyl groups is 2. The number of alkyl carbamates (subject to hydrolysis) is 1. The maximum absolute atomic E-state index is 11.4. The van der Waals surface area contributed by atoms with E-state index >= 15 is 0 Å². The van der Waals surface area contributed by atoms with Gasteiger partial charge < -0.3 is 20.3 Å². The number of hydrogen-bond donors (Lipinski definition) is 3. The highest BCUT2D eigenvalue weighted by atomic mass is 32.2. The lowest BCUT2D eigenvalue weighted by Gasteiger charge is -2.25. The Balaban J connectivity index is 4.16. The van der Waals surface area contributed by atoms with Crippen molar-refractivity contribution in [2.45, 2.75) is 38.5 Å². The molecule has 0 saturated carbocycles. The molecule has 0 bridgehead atoms. The Bertz CT molecular complexity index is 217. The van der Waals surface area contributed by atoms with Crippen molar-refractivity contribution in [1.29, 1.82) is 0 Å². The van der Waals surface area contributed by atoms with Crippen molar-refractivity contribution < 1.29 is 19.7 Å². The van der Waals surface area contributed by atoms with E-state index in [0.717, 1.165) is 0 Å². The third-order valence-electron chi connectivity index (χ3n) is 1.70. The van der Waals surface area contributed by atoms with Crippen LogP contribution in [-0.2, 0) is 4.74 Å². The standard InChI is InChI=1S/C10H21NO4S/c1-10(2,3)15-9(14)11-7(5-12)8(13)6-16-4/h7-8,12-13H,5-6H2,1-4H3,(H,11,14)/t7-,8-/m1/s1. The van der Waals surface area contributed by atoms with Crippen LogP contribution in [0, 0.1) is 0 Å². The van der Waals surface area contributed by atoms with E-state index in [0.29, 0.717) is 5.75 Å². The van der Waals surface area contributed by atoms with Crippen molar-refractivity contribution in [3.63, 3.8) is 0 Å². The number of hydrogen-bond acceptors (Lipinski definition) is 5. The second kappa shape index (κ2) is 6.98. The summed E-state index contributed by atoms with van der Waals surface area (Å²) in [4.78, 5) is 11.4. The number of nitrogens with one attached hydrogen (secondary N) is 1. The minimum atomic E-state index is -0.785. The molecule has 0 unspecified atom stereocenters. The largest absolute Gasteiger partial charge is 0.444 e. The van der Waals surface area contributed by atoms with Crippen LogP contribution in [0.3, 0.4) is 0 Å². The van der Waals surface area contributed by atoms with E-state index in [-0.39, 0.29) is 6.61 Å². The fourth-order valence-electron chi connectivity index (χ4n) is 1.01. The van der Waals surface area contributed by atoms with Gasteiger partial charge in [-0.3, -0.25) is 0 Å². The summed E-state index contributed by atoms with van der Waals surface area (Å²) in [7, 11) is 0. The zero-order valence-electron chi connectivity index (χ0n) is 10.2. The second-order valence-electron chi connectivity index (χ2n) is 4.46. The maximum Gasteiger partial charge on any atom is 0.408 e. The number of amides is 1. The van der Waals surface area contributed by atoms with Gasteiger partial charge in [-0.25, -0.2) is 4.79 Å². The number of rotatable bonds is 5. The number of aliphatic hydroxyl groups excluding tert-OH is 2. The molecule has 0 aliphatic rings. The lowest BCUT2D eigenvalue weighted by atomic mass is 10.2. The summed E-state index contributed by atoms with van der Waals surface area (Å²) in [5.41, 5.74) is -0.589. The van der Waals surface area contributed by atoms with E-state index in [9.17, 15) is 9.90 Å². The van der Waals surface area contributed by atoms with Crippen LogP contribution >= 0.6 is 11.8 Å². The summed E-state index contributed by atoms with van der Waals surface area (Å²) in [6.07, 6.45) is 0.421. The molecule has 5 nitrogen and oxygen atoms in total. The molecule has 0 aromatic carbocycles. The van der Waals surface area contributed by atoms with Crippen molar-refractivity contribution in [1.82, 2.24) is 5.32 Å². The van der Waals surface area contributed by atoms with Crippen LogP contribution in [0.15, 0.2) is 0 Å². The minimum Gasteiger partial charge on any atom is -0.444 e. The zero-order chi connectivity index (χ0) is 12.8. The van der Waals surface area contributed by atoms with Crippen LogP contribution in [0.2, 0.25) is 0 Å². The Kier molecular flexibility index (Phi) is 6.78. The molecule has 0 rings (SSSR count). The Labute approximate surface area is 101 Å². The molecule has 0 aliphatic heterocycles. The fraction of sp³-hybridized carbons (Fsp3) is 0.900. The van der Waals surface area contributed by atoms with Gasteiger partial charge in [0.05, 0.1) is 18.8 Å². The molecule has 0 aromatic rings. The first-order chi connectivity index (χ1) is 7.30. The molecule has 0 spiro atoms. The van der Waals surface area contributed by atoms with Crippen molar-refractivity contribution >= 4 is 17.9 Å². The van der Waals surface area contributed by atoms with E-state index in [4.69, 9.17) is 9.84 Å². The van der Waals surface area contributed by atoms with Crippen LogP contribution < -0.4 is 5.32 Å². The Morgan fingerprint density at radius 1 is 1.50 bits per heavy atom. The van der Waals surface area contributed by atoms with Crippen LogP contribution in [-0.4, -0.2) is 52.7 Å². The SMILES string of the molecule is CSC[C@@H](O)[C@@H](CO)NC(=O)OC(C)(C)C. The van der Waals surface area contributed by atoms with Gasteiger partial charge in [-0.1, -0.05) is 0 Å². The van der Waals surface area contributed by atoms with Gasteiger partial charge in [0.1, 0.15) is 5.60 Å². The number of thioether (sulfide) groups is 1. The molecule has 0 fully saturated rings. The topological polar surface area (TPSA) is 78.8 Å². The zero-order valence-corrected chi connectivity index (χ0v) is 11.0. The quantitative estimate of drug-likeness (QED) is 0.667. The normalized spacial score (nSPS) is 15.4. The highest BCUT2D eigenvalue weighted by Gasteiger charge is 2.23. The number of carbonyl (C=O) groups excluding carboxylic acids is 1. The van der Waals surface area contributed by atoms with E-state index in [1.54, 1.807) is 20.8 Å². The summed E-state index contributed by atoms with van der Waals surface area (Å²) >= 11 is 1.44. The lowest BCUT2D eigenvalue weighted by molar-refractivity contribution is 0.0383. The van der Waals surface area contributed by atoms with E-state index < -0.39 is 23.8 Å². The molecular formula is C10H21NO4S. The first-order valence-corrected chi connectivity index (χ1v) is 6.47. The Morgan fingerprint density at radius 3 is 2.44 bits per heavy atom. The van der Waals surface area contributed by atoms with E-state index in [2.05, 4.69) is 5.32 Å². The summed E-state index contributed by atoms with van der Waals surface area (Å²) in [6, 6.07) is -0.692. The van der Waals surface area contributed by atoms with Crippen molar-refractivity contribution in [2.75, 3.05) is 18.6 Å². The van der Waals surface area contributed by atoms with Crippen molar-refractivity contribution in [3.05, 3.63) is 0 Å². The first-order valence-electron chi connectivity index (χ1n) is 5.07. The van der Waals surface area contributed by atoms with Crippen LogP contribution in [0.25, 0.3) is 0 Å². The molecule has 3 N–H and O–H groups in total. The predicted molar refractivity (Wildman–Crippen MR) is 64.6 cm³/mol. The van der Waals surface area contributed by atoms with Gasteiger partial charge >= 0.3 is 6.09 Å². The third-order valence-corrected chi connectivity index (χ3v) is 2.38. The second-order valence-corrected chi connectivity index (χ2v) is 5.37. The summed E-state index contributed by atoms with van der Waals surface area (Å²) < 4.78 is 5.02. The third kappa shape index (κ3) is 6.92. The number of carbonyl (C=O) groups is 1. The molecule has 96 valence electrons. The summed E-state index contributed by atoms with van der Waals surface area (Å²) in [5, 5.41) is 21.1. The lowest BCUT2D eigenvalue weighted by Crippen LogP contribution is -2.48. The maximum atomic E-state index is 11.4. The molecule has 0 aromatic heterocycles. The summed E-state index contributed by atoms with van der Waals surface area (Å²) in [5.74, 6) is 0.445. The highest BCUT2D eigenvalue weighted by Crippen LogP contribution is 2.08. The van der Waals surface area contributed by atoms with Crippen molar-refractivity contribution in [2.24, 2.45) is 0 Å². The Morgan fingerprint density at radius 2 is 2.06 bits per heavy atom. The molecule has 0 saturated heterocycles. The van der Waals surface area contributed by atoms with Gasteiger partial charge in [0, 0.05) is 5.75 Å². The number of ether oxygens (including phenoxy) is 1. The molecule has 16 heavy (non-hydrogen) atoms. The molecule has 2 atom stereocenters. The van der Waals surface area contributed by atoms with Crippen molar-refractivity contribution in [3.8, 4) is 0 Å². The highest BCUT2D eigenvalue weighted by molar-refractivity contribution is 7.98. The van der Waals surface area contributed by atoms with Gasteiger partial charge in [-0.05, 0) is 27.0 Å². The van der Waals surface area contributed by atoms with Gasteiger partial charge in [0.15, 0.2) is 0 Å². The van der Waals surface area contributed by atoms with Gasteiger partial charge in [-0.2, -0.15) is 11.8 Å². The molecule has 0 aliphatic carbocycles. The molecular weight excluding hydrogens is 230 g/mol. The minimum absolute atomic E-state index is 0.318. The van der Waals surface area contributed by atoms with Crippen LogP contribution in [0.1, 0.15) is 20.8 Å². The van der Waals surface area contributed by atoms with Gasteiger partial charge in [-0.15, -0.1) is 0 Å². The molecule has 1 amide bonds. The van der Waals surface area contributed by atoms with E-state index in [1.807, 2.05) is 6.26 Å². The fourth-order valence-corrected chi connectivity index (χ4v) is 1.58. The molecule has 0 radical (unpaired) electrons. The summed E-state index contributed by atoms with van der Waals surface area (Å²) in [6.45, 7) is 4.93. The van der Waals surface area contributed by atoms with Crippen LogP contribution in [0.5, 0.6) is 0 Å². The van der Waals surface area contributed by atoms with E-state index in [1.165, 1.54) is 11.8 Å². The predicted octanol–water partition coefficient (Wildman–Crippen LogP) is 0.596. The molecule has 6 heteroatoms.